The fourth-order valence-corrected chi connectivity index (χ4v) is 2.60. The molecule has 2 unspecified atom stereocenters. The van der Waals surface area contributed by atoms with Gasteiger partial charge in [-0.3, -0.25) is 0 Å². The first-order valence-electron chi connectivity index (χ1n) is 6.42. The van der Waals surface area contributed by atoms with Crippen LogP contribution in [0.15, 0.2) is 18.2 Å². The summed E-state index contributed by atoms with van der Waals surface area (Å²) in [6.45, 7) is 1.69. The number of rotatable bonds is 5. The predicted molar refractivity (Wildman–Crippen MR) is 65.9 cm³/mol. The fourth-order valence-electron chi connectivity index (χ4n) is 2.60. The van der Waals surface area contributed by atoms with Crippen LogP contribution in [0.25, 0.3) is 0 Å². The maximum Gasteiger partial charge on any atom is 0.159 e. The van der Waals surface area contributed by atoms with Gasteiger partial charge in [-0.1, -0.05) is 12.5 Å². The van der Waals surface area contributed by atoms with Crippen molar-refractivity contribution >= 4 is 0 Å². The second-order valence-corrected chi connectivity index (χ2v) is 4.95. The number of ether oxygens (including phenoxy) is 1. The molecule has 1 aromatic rings. The highest BCUT2D eigenvalue weighted by atomic mass is 19.2. The Kier molecular flexibility index (Phi) is 4.66. The van der Waals surface area contributed by atoms with Crippen molar-refractivity contribution in [2.75, 3.05) is 13.2 Å². The first-order chi connectivity index (χ1) is 8.70. The lowest BCUT2D eigenvalue weighted by Gasteiger charge is -2.17. The van der Waals surface area contributed by atoms with Crippen LogP contribution in [0.5, 0.6) is 0 Å². The van der Waals surface area contributed by atoms with Crippen LogP contribution in [-0.4, -0.2) is 13.2 Å². The van der Waals surface area contributed by atoms with Crippen molar-refractivity contribution in [3.8, 4) is 0 Å². The molecule has 0 aliphatic heterocycles. The Labute approximate surface area is 106 Å². The number of hydrogen-bond acceptors (Lipinski definition) is 2. The van der Waals surface area contributed by atoms with Crippen LogP contribution in [0.4, 0.5) is 8.78 Å². The molecule has 2 N–H and O–H groups in total. The largest absolute Gasteiger partial charge is 0.376 e. The smallest absolute Gasteiger partial charge is 0.159 e. The molecule has 0 heterocycles. The van der Waals surface area contributed by atoms with Gasteiger partial charge in [-0.25, -0.2) is 8.78 Å². The third-order valence-corrected chi connectivity index (χ3v) is 3.70. The van der Waals surface area contributed by atoms with Gasteiger partial charge in [0.15, 0.2) is 11.6 Å². The van der Waals surface area contributed by atoms with Gasteiger partial charge in [0.05, 0.1) is 13.2 Å². The van der Waals surface area contributed by atoms with Gasteiger partial charge < -0.3 is 10.5 Å². The molecule has 18 heavy (non-hydrogen) atoms. The number of hydrogen-bond donors (Lipinski definition) is 1. The summed E-state index contributed by atoms with van der Waals surface area (Å²) >= 11 is 0. The minimum atomic E-state index is -0.822. The Hall–Kier alpha value is -1.00. The molecule has 100 valence electrons. The lowest BCUT2D eigenvalue weighted by atomic mass is 9.97. The highest BCUT2D eigenvalue weighted by molar-refractivity contribution is 5.16. The average Bonchev–Trinajstić information content (AvgIpc) is 2.81. The molecule has 2 nitrogen and oxygen atoms in total. The molecular weight excluding hydrogens is 236 g/mol. The molecule has 1 fully saturated rings. The van der Waals surface area contributed by atoms with E-state index in [0.717, 1.165) is 12.5 Å². The topological polar surface area (TPSA) is 35.2 Å². The van der Waals surface area contributed by atoms with Crippen molar-refractivity contribution in [1.29, 1.82) is 0 Å². The summed E-state index contributed by atoms with van der Waals surface area (Å²) in [7, 11) is 0. The summed E-state index contributed by atoms with van der Waals surface area (Å²) in [6, 6.07) is 3.87. The zero-order valence-corrected chi connectivity index (χ0v) is 10.4. The van der Waals surface area contributed by atoms with Crippen LogP contribution in [0, 0.1) is 23.5 Å². The molecule has 0 aromatic heterocycles. The van der Waals surface area contributed by atoms with Crippen molar-refractivity contribution in [3.05, 3.63) is 35.4 Å². The predicted octanol–water partition coefficient (Wildman–Crippen LogP) is 2.86. The van der Waals surface area contributed by atoms with Crippen molar-refractivity contribution in [2.45, 2.75) is 25.9 Å². The monoisotopic (exact) mass is 255 g/mol. The molecular formula is C14H19F2NO. The molecule has 4 heteroatoms. The van der Waals surface area contributed by atoms with E-state index in [0.29, 0.717) is 37.2 Å². The zero-order valence-electron chi connectivity index (χ0n) is 10.4. The van der Waals surface area contributed by atoms with Crippen LogP contribution >= 0.6 is 0 Å². The summed E-state index contributed by atoms with van der Waals surface area (Å²) in [4.78, 5) is 0. The zero-order chi connectivity index (χ0) is 13.0. The molecule has 0 amide bonds. The maximum absolute atomic E-state index is 13.0. The SMILES string of the molecule is NCC1CCCC1COCc1ccc(F)c(F)c1. The molecule has 1 saturated carbocycles. The Morgan fingerprint density at radius 3 is 2.67 bits per heavy atom. The van der Waals surface area contributed by atoms with Crippen LogP contribution in [0.2, 0.25) is 0 Å². The van der Waals surface area contributed by atoms with E-state index in [9.17, 15) is 8.78 Å². The van der Waals surface area contributed by atoms with Gasteiger partial charge in [0.25, 0.3) is 0 Å². The van der Waals surface area contributed by atoms with E-state index in [-0.39, 0.29) is 0 Å². The quantitative estimate of drug-likeness (QED) is 0.878. The lowest BCUT2D eigenvalue weighted by Crippen LogP contribution is -2.22. The van der Waals surface area contributed by atoms with Gasteiger partial charge >= 0.3 is 0 Å². The summed E-state index contributed by atoms with van der Waals surface area (Å²) in [5.41, 5.74) is 6.36. The van der Waals surface area contributed by atoms with Gasteiger partial charge in [0, 0.05) is 0 Å². The molecule has 0 radical (unpaired) electrons. The molecule has 0 saturated heterocycles. The highest BCUT2D eigenvalue weighted by Crippen LogP contribution is 2.31. The molecule has 1 aliphatic carbocycles. The minimum absolute atomic E-state index is 0.324. The summed E-state index contributed by atoms with van der Waals surface area (Å²) in [5, 5.41) is 0. The molecule has 2 rings (SSSR count). The Balaban J connectivity index is 1.79. The van der Waals surface area contributed by atoms with Crippen molar-refractivity contribution in [3.63, 3.8) is 0 Å². The van der Waals surface area contributed by atoms with Gasteiger partial charge in [-0.05, 0) is 48.9 Å². The second-order valence-electron chi connectivity index (χ2n) is 4.95. The van der Waals surface area contributed by atoms with E-state index in [1.165, 1.54) is 18.9 Å². The molecule has 1 aliphatic rings. The van der Waals surface area contributed by atoms with Gasteiger partial charge in [-0.2, -0.15) is 0 Å². The summed E-state index contributed by atoms with van der Waals surface area (Å²) in [6.07, 6.45) is 3.54. The molecule has 1 aromatic carbocycles. The van der Waals surface area contributed by atoms with E-state index in [2.05, 4.69) is 0 Å². The van der Waals surface area contributed by atoms with Crippen LogP contribution < -0.4 is 5.73 Å². The van der Waals surface area contributed by atoms with Crippen LogP contribution in [0.3, 0.4) is 0 Å². The van der Waals surface area contributed by atoms with Crippen LogP contribution in [0.1, 0.15) is 24.8 Å². The molecule has 2 atom stereocenters. The Morgan fingerprint density at radius 2 is 1.94 bits per heavy atom. The van der Waals surface area contributed by atoms with E-state index >= 15 is 0 Å². The second kappa shape index (κ2) is 6.25. The Bertz CT molecular complexity index is 397. The number of benzene rings is 1. The van der Waals surface area contributed by atoms with Crippen molar-refractivity contribution in [1.82, 2.24) is 0 Å². The van der Waals surface area contributed by atoms with Crippen LogP contribution in [-0.2, 0) is 11.3 Å². The van der Waals surface area contributed by atoms with Gasteiger partial charge in [0.1, 0.15) is 0 Å². The normalized spacial score (nSPS) is 23.5. The molecule has 0 bridgehead atoms. The minimum Gasteiger partial charge on any atom is -0.376 e. The van der Waals surface area contributed by atoms with Crippen molar-refractivity contribution in [2.24, 2.45) is 17.6 Å². The van der Waals surface area contributed by atoms with Gasteiger partial charge in [-0.15, -0.1) is 0 Å². The van der Waals surface area contributed by atoms with Crippen molar-refractivity contribution < 1.29 is 13.5 Å². The number of nitrogens with two attached hydrogens (primary N) is 1. The Morgan fingerprint density at radius 1 is 1.17 bits per heavy atom. The average molecular weight is 255 g/mol. The van der Waals surface area contributed by atoms with E-state index in [4.69, 9.17) is 10.5 Å². The van der Waals surface area contributed by atoms with E-state index < -0.39 is 11.6 Å². The molecule has 0 spiro atoms. The maximum atomic E-state index is 13.0. The first-order valence-corrected chi connectivity index (χ1v) is 6.42. The fraction of sp³-hybridized carbons (Fsp3) is 0.571. The van der Waals surface area contributed by atoms with Gasteiger partial charge in [0.2, 0.25) is 0 Å². The van der Waals surface area contributed by atoms with E-state index in [1.807, 2.05) is 0 Å². The third kappa shape index (κ3) is 3.27. The standard InChI is InChI=1S/C14H19F2NO/c15-13-5-4-10(6-14(13)16)8-18-9-12-3-1-2-11(12)7-17/h4-6,11-12H,1-3,7-9,17H2. The number of halogens is 2. The highest BCUT2D eigenvalue weighted by Gasteiger charge is 2.25. The lowest BCUT2D eigenvalue weighted by molar-refractivity contribution is 0.0751. The van der Waals surface area contributed by atoms with E-state index in [1.54, 1.807) is 6.07 Å². The summed E-state index contributed by atoms with van der Waals surface area (Å²) < 4.78 is 31.3. The third-order valence-electron chi connectivity index (χ3n) is 3.70. The first kappa shape index (κ1) is 13.4. The summed E-state index contributed by atoms with van der Waals surface area (Å²) in [5.74, 6) is -0.579.